The van der Waals surface area contributed by atoms with Crippen molar-refractivity contribution < 1.29 is 4.79 Å². The summed E-state index contributed by atoms with van der Waals surface area (Å²) < 4.78 is 1.84. The maximum Gasteiger partial charge on any atom is 0.251 e. The molecule has 0 bridgehead atoms. The molecular weight excluding hydrogens is 344 g/mol. The number of rotatable bonds is 5. The number of hydrogen-bond donors (Lipinski definition) is 1. The van der Waals surface area contributed by atoms with Gasteiger partial charge in [-0.1, -0.05) is 11.6 Å². The number of aryl methyl sites for hydroxylation is 2. The molecular formula is C17H17ClN4OS. The van der Waals surface area contributed by atoms with Gasteiger partial charge in [-0.3, -0.25) is 4.79 Å². The number of halogens is 1. The van der Waals surface area contributed by atoms with Gasteiger partial charge < -0.3 is 5.32 Å². The van der Waals surface area contributed by atoms with Crippen molar-refractivity contribution in [2.24, 2.45) is 0 Å². The first-order valence-corrected chi connectivity index (χ1v) is 8.80. The lowest BCUT2D eigenvalue weighted by molar-refractivity contribution is 0.0954. The Balaban J connectivity index is 1.57. The predicted octanol–water partition coefficient (Wildman–Crippen LogP) is 3.57. The first-order chi connectivity index (χ1) is 11.5. The Morgan fingerprint density at radius 1 is 1.29 bits per heavy atom. The van der Waals surface area contributed by atoms with Gasteiger partial charge in [-0.15, -0.1) is 11.3 Å². The van der Waals surface area contributed by atoms with Gasteiger partial charge in [0.2, 0.25) is 5.13 Å². The molecule has 0 aliphatic carbocycles. The molecule has 0 aliphatic heterocycles. The maximum absolute atomic E-state index is 12.0. The van der Waals surface area contributed by atoms with Crippen LogP contribution in [-0.2, 0) is 6.42 Å². The van der Waals surface area contributed by atoms with Gasteiger partial charge in [0.15, 0.2) is 0 Å². The van der Waals surface area contributed by atoms with Crippen molar-refractivity contribution in [2.75, 3.05) is 6.54 Å². The van der Waals surface area contributed by atoms with Crippen LogP contribution in [0.2, 0.25) is 5.02 Å². The molecule has 5 nitrogen and oxygen atoms in total. The zero-order valence-electron chi connectivity index (χ0n) is 13.4. The third-order valence-corrected chi connectivity index (χ3v) is 4.62. The van der Waals surface area contributed by atoms with Gasteiger partial charge >= 0.3 is 0 Å². The maximum atomic E-state index is 12.0. The second-order valence-electron chi connectivity index (χ2n) is 5.47. The van der Waals surface area contributed by atoms with Gasteiger partial charge in [0, 0.05) is 34.6 Å². The fraction of sp³-hybridized carbons (Fsp3) is 0.235. The van der Waals surface area contributed by atoms with Crippen LogP contribution < -0.4 is 5.32 Å². The Bertz CT molecular complexity index is 854. The summed E-state index contributed by atoms with van der Waals surface area (Å²) in [6.45, 7) is 4.50. The largest absolute Gasteiger partial charge is 0.352 e. The van der Waals surface area contributed by atoms with Crippen LogP contribution in [0.25, 0.3) is 5.13 Å². The average Bonchev–Trinajstić information content (AvgIpc) is 3.14. The van der Waals surface area contributed by atoms with Gasteiger partial charge in [-0.25, -0.2) is 9.67 Å². The Labute approximate surface area is 149 Å². The van der Waals surface area contributed by atoms with E-state index in [-0.39, 0.29) is 5.91 Å². The predicted molar refractivity (Wildman–Crippen MR) is 96.2 cm³/mol. The third-order valence-electron chi connectivity index (χ3n) is 3.50. The van der Waals surface area contributed by atoms with Gasteiger partial charge in [0.1, 0.15) is 0 Å². The van der Waals surface area contributed by atoms with Gasteiger partial charge in [0.25, 0.3) is 5.91 Å². The number of benzene rings is 1. The fourth-order valence-electron chi connectivity index (χ4n) is 2.34. The minimum absolute atomic E-state index is 0.110. The van der Waals surface area contributed by atoms with Crippen LogP contribution in [0.1, 0.15) is 27.4 Å². The number of nitrogens with zero attached hydrogens (tertiary/aromatic N) is 3. The average molecular weight is 361 g/mol. The molecule has 3 rings (SSSR count). The number of thiazole rings is 1. The highest BCUT2D eigenvalue weighted by Gasteiger charge is 2.09. The second-order valence-corrected chi connectivity index (χ2v) is 6.75. The van der Waals surface area contributed by atoms with Crippen molar-refractivity contribution >= 4 is 28.8 Å². The SMILES string of the molecule is Cc1cc(C)n(-c2nc(CCNC(=O)c3ccc(Cl)cc3)cs2)n1. The summed E-state index contributed by atoms with van der Waals surface area (Å²) in [5.74, 6) is -0.110. The van der Waals surface area contributed by atoms with Crippen LogP contribution in [-0.4, -0.2) is 27.2 Å². The van der Waals surface area contributed by atoms with Crippen molar-refractivity contribution in [2.45, 2.75) is 20.3 Å². The van der Waals surface area contributed by atoms with Crippen LogP contribution in [0, 0.1) is 13.8 Å². The Kier molecular flexibility index (Phi) is 4.97. The first-order valence-electron chi connectivity index (χ1n) is 7.55. The molecule has 1 amide bonds. The summed E-state index contributed by atoms with van der Waals surface area (Å²) in [6, 6.07) is 8.85. The minimum Gasteiger partial charge on any atom is -0.352 e. The van der Waals surface area contributed by atoms with Crippen molar-refractivity contribution in [1.82, 2.24) is 20.1 Å². The lowest BCUT2D eigenvalue weighted by Crippen LogP contribution is -2.25. The van der Waals surface area contributed by atoms with Crippen LogP contribution in [0.4, 0.5) is 0 Å². The molecule has 0 saturated heterocycles. The summed E-state index contributed by atoms with van der Waals surface area (Å²) in [5.41, 5.74) is 3.57. The van der Waals surface area contributed by atoms with E-state index in [2.05, 4.69) is 15.4 Å². The smallest absolute Gasteiger partial charge is 0.251 e. The first kappa shape index (κ1) is 16.7. The topological polar surface area (TPSA) is 59.8 Å². The Morgan fingerprint density at radius 3 is 2.71 bits per heavy atom. The van der Waals surface area contributed by atoms with E-state index >= 15 is 0 Å². The Morgan fingerprint density at radius 2 is 2.04 bits per heavy atom. The number of carbonyl (C=O) groups excluding carboxylic acids is 1. The van der Waals surface area contributed by atoms with E-state index < -0.39 is 0 Å². The van der Waals surface area contributed by atoms with Crippen molar-refractivity contribution in [3.63, 3.8) is 0 Å². The molecule has 0 aliphatic rings. The molecule has 0 radical (unpaired) electrons. The van der Waals surface area contributed by atoms with Crippen molar-refractivity contribution in [1.29, 1.82) is 0 Å². The lowest BCUT2D eigenvalue weighted by Gasteiger charge is -2.04. The van der Waals surface area contributed by atoms with E-state index in [1.807, 2.05) is 30.0 Å². The summed E-state index contributed by atoms with van der Waals surface area (Å²) in [4.78, 5) is 16.6. The molecule has 0 unspecified atom stereocenters. The van der Waals surface area contributed by atoms with Gasteiger partial charge in [-0.2, -0.15) is 5.10 Å². The molecule has 0 atom stereocenters. The van der Waals surface area contributed by atoms with E-state index in [1.54, 1.807) is 35.6 Å². The summed E-state index contributed by atoms with van der Waals surface area (Å²) in [6.07, 6.45) is 0.676. The fourth-order valence-corrected chi connectivity index (χ4v) is 3.33. The number of carbonyl (C=O) groups is 1. The quantitative estimate of drug-likeness (QED) is 0.756. The Hall–Kier alpha value is -2.18. The van der Waals surface area contributed by atoms with Crippen molar-refractivity contribution in [3.05, 3.63) is 63.4 Å². The molecule has 2 aromatic heterocycles. The van der Waals surface area contributed by atoms with Crippen LogP contribution in [0.15, 0.2) is 35.7 Å². The molecule has 1 N–H and O–H groups in total. The minimum atomic E-state index is -0.110. The van der Waals surface area contributed by atoms with E-state index in [0.717, 1.165) is 22.2 Å². The molecule has 0 fully saturated rings. The zero-order valence-corrected chi connectivity index (χ0v) is 15.0. The summed E-state index contributed by atoms with van der Waals surface area (Å²) in [5, 5.41) is 10.8. The summed E-state index contributed by atoms with van der Waals surface area (Å²) in [7, 11) is 0. The van der Waals surface area contributed by atoms with E-state index in [4.69, 9.17) is 11.6 Å². The normalized spacial score (nSPS) is 10.8. The van der Waals surface area contributed by atoms with Crippen LogP contribution in [0.3, 0.4) is 0 Å². The standard InChI is InChI=1S/C17H17ClN4OS/c1-11-9-12(2)22(21-11)17-20-15(10-24-17)7-8-19-16(23)13-3-5-14(18)6-4-13/h3-6,9-10H,7-8H2,1-2H3,(H,19,23). The monoisotopic (exact) mass is 360 g/mol. The molecule has 2 heterocycles. The molecule has 24 heavy (non-hydrogen) atoms. The number of amides is 1. The lowest BCUT2D eigenvalue weighted by atomic mass is 10.2. The third kappa shape index (κ3) is 3.83. The highest BCUT2D eigenvalue weighted by molar-refractivity contribution is 7.12. The van der Waals surface area contributed by atoms with Crippen molar-refractivity contribution in [3.8, 4) is 5.13 Å². The zero-order chi connectivity index (χ0) is 17.1. The van der Waals surface area contributed by atoms with E-state index in [9.17, 15) is 4.79 Å². The molecule has 3 aromatic rings. The van der Waals surface area contributed by atoms with Crippen LogP contribution >= 0.6 is 22.9 Å². The molecule has 7 heteroatoms. The van der Waals surface area contributed by atoms with E-state index in [0.29, 0.717) is 23.6 Å². The molecule has 1 aromatic carbocycles. The molecule has 0 saturated carbocycles. The van der Waals surface area contributed by atoms with Crippen LogP contribution in [0.5, 0.6) is 0 Å². The molecule has 0 spiro atoms. The van der Waals surface area contributed by atoms with Gasteiger partial charge in [0.05, 0.1) is 11.4 Å². The number of aromatic nitrogens is 3. The molecule has 124 valence electrons. The number of nitrogens with one attached hydrogen (secondary N) is 1. The van der Waals surface area contributed by atoms with Gasteiger partial charge in [-0.05, 0) is 44.2 Å². The van der Waals surface area contributed by atoms with E-state index in [1.165, 1.54) is 0 Å². The number of hydrogen-bond acceptors (Lipinski definition) is 4. The highest BCUT2D eigenvalue weighted by atomic mass is 35.5. The summed E-state index contributed by atoms with van der Waals surface area (Å²) >= 11 is 7.37. The second kappa shape index (κ2) is 7.15. The highest BCUT2D eigenvalue weighted by Crippen LogP contribution is 2.17.